The van der Waals surface area contributed by atoms with Gasteiger partial charge in [-0.2, -0.15) is 0 Å². The van der Waals surface area contributed by atoms with Crippen LogP contribution in [0.4, 0.5) is 0 Å². The molecule has 0 aliphatic carbocycles. The number of H-pyrrole nitrogens is 1. The molecule has 0 radical (unpaired) electrons. The van der Waals surface area contributed by atoms with Gasteiger partial charge in [-0.25, -0.2) is 9.97 Å². The van der Waals surface area contributed by atoms with E-state index >= 15 is 0 Å². The molecule has 2 N–H and O–H groups in total. The lowest BCUT2D eigenvalue weighted by molar-refractivity contribution is 0.0952. The summed E-state index contributed by atoms with van der Waals surface area (Å²) in [6.07, 6.45) is 3.25. The zero-order valence-electron chi connectivity index (χ0n) is 13.4. The van der Waals surface area contributed by atoms with Crippen molar-refractivity contribution in [2.75, 3.05) is 0 Å². The number of rotatable bonds is 4. The number of fused-ring (bicyclic) bond motifs is 1. The lowest BCUT2D eigenvalue weighted by atomic mass is 10.1. The molecule has 5 nitrogen and oxygen atoms in total. The van der Waals surface area contributed by atoms with Gasteiger partial charge in [-0.15, -0.1) is 0 Å². The van der Waals surface area contributed by atoms with E-state index in [0.717, 1.165) is 27.9 Å². The van der Waals surface area contributed by atoms with Gasteiger partial charge in [0.25, 0.3) is 5.91 Å². The highest BCUT2D eigenvalue weighted by atomic mass is 16.1. The number of para-hydroxylation sites is 1. The summed E-state index contributed by atoms with van der Waals surface area (Å²) in [6, 6.07) is 19.5. The zero-order chi connectivity index (χ0) is 17.1. The van der Waals surface area contributed by atoms with Crippen molar-refractivity contribution in [2.24, 2.45) is 0 Å². The molecule has 0 saturated heterocycles. The number of carbonyl (C=O) groups excluding carboxylic acids is 1. The number of nitrogens with zero attached hydrogens (tertiary/aromatic N) is 2. The van der Waals surface area contributed by atoms with Crippen LogP contribution in [-0.2, 0) is 6.54 Å². The summed E-state index contributed by atoms with van der Waals surface area (Å²) in [4.78, 5) is 24.1. The molecule has 0 spiro atoms. The maximum absolute atomic E-state index is 12.5. The summed E-state index contributed by atoms with van der Waals surface area (Å²) in [6.45, 7) is 0.348. The number of nitrogens with one attached hydrogen (secondary N) is 2. The van der Waals surface area contributed by atoms with Gasteiger partial charge in [0.05, 0.1) is 23.5 Å². The molecular formula is C20H16N4O. The van der Waals surface area contributed by atoms with Crippen LogP contribution < -0.4 is 5.32 Å². The maximum Gasteiger partial charge on any atom is 0.253 e. The summed E-state index contributed by atoms with van der Waals surface area (Å²) in [5.74, 6) is -0.127. The molecule has 5 heteroatoms. The second-order valence-corrected chi connectivity index (χ2v) is 5.69. The molecular weight excluding hydrogens is 312 g/mol. The quantitative estimate of drug-likeness (QED) is 0.602. The molecule has 0 unspecified atom stereocenters. The first kappa shape index (κ1) is 15.1. The van der Waals surface area contributed by atoms with Crippen LogP contribution in [0.25, 0.3) is 22.2 Å². The highest BCUT2D eigenvalue weighted by molar-refractivity contribution is 6.06. The van der Waals surface area contributed by atoms with Crippen molar-refractivity contribution in [1.29, 1.82) is 0 Å². The summed E-state index contributed by atoms with van der Waals surface area (Å²) in [5.41, 5.74) is 4.21. The van der Waals surface area contributed by atoms with Gasteiger partial charge in [0.2, 0.25) is 0 Å². The average Bonchev–Trinajstić information content (AvgIpc) is 3.11. The minimum Gasteiger partial charge on any atom is -0.360 e. The van der Waals surface area contributed by atoms with E-state index in [1.54, 1.807) is 6.20 Å². The van der Waals surface area contributed by atoms with Crippen molar-refractivity contribution >= 4 is 16.8 Å². The van der Waals surface area contributed by atoms with Crippen molar-refractivity contribution in [3.05, 3.63) is 84.4 Å². The Hall–Kier alpha value is -3.47. The standard InChI is InChI=1S/C20H16N4O/c25-20(17-12-21-18-9-5-4-8-16(17)18)22-11-15-10-19(24-13-23-15)14-6-2-1-3-7-14/h1-10,12-13,21H,11H2,(H,22,25). The number of benzene rings is 2. The molecule has 0 bridgehead atoms. The SMILES string of the molecule is O=C(NCc1cc(-c2ccccc2)ncn1)c1c[nH]c2ccccc12. The first-order chi connectivity index (χ1) is 12.3. The fourth-order valence-corrected chi connectivity index (χ4v) is 2.79. The molecule has 0 atom stereocenters. The van der Waals surface area contributed by atoms with Crippen LogP contribution in [0.15, 0.2) is 73.2 Å². The molecule has 25 heavy (non-hydrogen) atoms. The number of amides is 1. The molecule has 2 aromatic heterocycles. The van der Waals surface area contributed by atoms with Gasteiger partial charge in [0, 0.05) is 22.7 Å². The number of aromatic amines is 1. The van der Waals surface area contributed by atoms with Crippen molar-refractivity contribution in [1.82, 2.24) is 20.3 Å². The third-order valence-corrected chi connectivity index (χ3v) is 4.06. The van der Waals surface area contributed by atoms with E-state index in [4.69, 9.17) is 0 Å². The third kappa shape index (κ3) is 3.12. The molecule has 0 aliphatic rings. The van der Waals surface area contributed by atoms with E-state index < -0.39 is 0 Å². The van der Waals surface area contributed by atoms with Gasteiger partial charge in [-0.1, -0.05) is 48.5 Å². The second kappa shape index (κ2) is 6.57. The van der Waals surface area contributed by atoms with Gasteiger partial charge in [0.15, 0.2) is 0 Å². The van der Waals surface area contributed by atoms with Gasteiger partial charge < -0.3 is 10.3 Å². The lowest BCUT2D eigenvalue weighted by Crippen LogP contribution is -2.23. The highest BCUT2D eigenvalue weighted by Crippen LogP contribution is 2.18. The normalized spacial score (nSPS) is 10.7. The van der Waals surface area contributed by atoms with Crippen LogP contribution in [0.1, 0.15) is 16.1 Å². The number of hydrogen-bond acceptors (Lipinski definition) is 3. The van der Waals surface area contributed by atoms with Gasteiger partial charge in [-0.05, 0) is 12.1 Å². The van der Waals surface area contributed by atoms with Gasteiger partial charge >= 0.3 is 0 Å². The van der Waals surface area contributed by atoms with Crippen molar-refractivity contribution in [2.45, 2.75) is 6.54 Å². The highest BCUT2D eigenvalue weighted by Gasteiger charge is 2.11. The van der Waals surface area contributed by atoms with Crippen LogP contribution in [0.5, 0.6) is 0 Å². The largest absolute Gasteiger partial charge is 0.360 e. The predicted octanol–water partition coefficient (Wildman–Crippen LogP) is 3.55. The Morgan fingerprint density at radius 1 is 1.00 bits per heavy atom. The molecule has 4 rings (SSSR count). The fourth-order valence-electron chi connectivity index (χ4n) is 2.79. The maximum atomic E-state index is 12.5. The lowest BCUT2D eigenvalue weighted by Gasteiger charge is -2.06. The fraction of sp³-hybridized carbons (Fsp3) is 0.0500. The molecule has 0 fully saturated rings. The molecule has 1 amide bonds. The monoisotopic (exact) mass is 328 g/mol. The van der Waals surface area contributed by atoms with Crippen LogP contribution in [0, 0.1) is 0 Å². The van der Waals surface area contributed by atoms with E-state index in [1.807, 2.05) is 60.7 Å². The first-order valence-corrected chi connectivity index (χ1v) is 8.02. The smallest absolute Gasteiger partial charge is 0.253 e. The molecule has 4 aromatic rings. The van der Waals surface area contributed by atoms with Crippen LogP contribution >= 0.6 is 0 Å². The van der Waals surface area contributed by atoms with Gasteiger partial charge in [-0.3, -0.25) is 4.79 Å². The van der Waals surface area contributed by atoms with Crippen molar-refractivity contribution in [3.8, 4) is 11.3 Å². The Bertz CT molecular complexity index is 1020. The van der Waals surface area contributed by atoms with Crippen molar-refractivity contribution < 1.29 is 4.79 Å². The summed E-state index contributed by atoms with van der Waals surface area (Å²) in [7, 11) is 0. The molecule has 2 heterocycles. The Kier molecular flexibility index (Phi) is 3.96. The first-order valence-electron chi connectivity index (χ1n) is 8.02. The minimum absolute atomic E-state index is 0.127. The van der Waals surface area contributed by atoms with E-state index in [0.29, 0.717) is 12.1 Å². The second-order valence-electron chi connectivity index (χ2n) is 5.69. The van der Waals surface area contributed by atoms with Crippen LogP contribution in [0.2, 0.25) is 0 Å². The van der Waals surface area contributed by atoms with E-state index in [9.17, 15) is 4.79 Å². The number of carbonyl (C=O) groups is 1. The minimum atomic E-state index is -0.127. The summed E-state index contributed by atoms with van der Waals surface area (Å²) < 4.78 is 0. The van der Waals surface area contributed by atoms with Crippen molar-refractivity contribution in [3.63, 3.8) is 0 Å². The zero-order valence-corrected chi connectivity index (χ0v) is 13.4. The van der Waals surface area contributed by atoms with Crippen LogP contribution in [-0.4, -0.2) is 20.9 Å². The Morgan fingerprint density at radius 2 is 1.80 bits per heavy atom. The summed E-state index contributed by atoms with van der Waals surface area (Å²) in [5, 5.41) is 3.83. The Labute approximate surface area is 144 Å². The van der Waals surface area contributed by atoms with E-state index in [2.05, 4.69) is 20.3 Å². The summed E-state index contributed by atoms with van der Waals surface area (Å²) >= 11 is 0. The number of aromatic nitrogens is 3. The molecule has 2 aromatic carbocycles. The van der Waals surface area contributed by atoms with E-state index in [1.165, 1.54) is 6.33 Å². The molecule has 0 saturated carbocycles. The third-order valence-electron chi connectivity index (χ3n) is 4.06. The number of hydrogen-bond donors (Lipinski definition) is 2. The Morgan fingerprint density at radius 3 is 2.68 bits per heavy atom. The molecule has 122 valence electrons. The van der Waals surface area contributed by atoms with E-state index in [-0.39, 0.29) is 5.91 Å². The topological polar surface area (TPSA) is 70.7 Å². The Balaban J connectivity index is 1.51. The predicted molar refractivity (Wildman–Crippen MR) is 96.9 cm³/mol. The van der Waals surface area contributed by atoms with Gasteiger partial charge in [0.1, 0.15) is 6.33 Å². The molecule has 0 aliphatic heterocycles. The van der Waals surface area contributed by atoms with Crippen LogP contribution in [0.3, 0.4) is 0 Å². The average molecular weight is 328 g/mol.